The number of carbonyl (C=O) groups is 1. The summed E-state index contributed by atoms with van der Waals surface area (Å²) in [7, 11) is 1.64. The number of nitrogens with one attached hydrogen (secondary N) is 2. The van der Waals surface area contributed by atoms with Gasteiger partial charge in [-0.1, -0.05) is 6.92 Å². The molecule has 1 amide bonds. The van der Waals surface area contributed by atoms with Gasteiger partial charge in [-0.2, -0.15) is 0 Å². The van der Waals surface area contributed by atoms with E-state index in [1.54, 1.807) is 7.11 Å². The van der Waals surface area contributed by atoms with Crippen LogP contribution in [0.1, 0.15) is 18.9 Å². The van der Waals surface area contributed by atoms with Gasteiger partial charge in [-0.15, -0.1) is 0 Å². The summed E-state index contributed by atoms with van der Waals surface area (Å²) in [6.07, 6.45) is 0.952. The number of hydrogen-bond acceptors (Lipinski definition) is 3. The number of rotatable bonds is 6. The van der Waals surface area contributed by atoms with Crippen LogP contribution in [0.25, 0.3) is 0 Å². The van der Waals surface area contributed by atoms with E-state index < -0.39 is 0 Å². The molecule has 0 atom stereocenters. The minimum absolute atomic E-state index is 0.0158. The Bertz CT molecular complexity index is 378. The third kappa shape index (κ3) is 4.34. The third-order valence-electron chi connectivity index (χ3n) is 2.45. The molecule has 0 saturated heterocycles. The van der Waals surface area contributed by atoms with Crippen LogP contribution in [0.15, 0.2) is 18.2 Å². The lowest BCUT2D eigenvalue weighted by molar-refractivity contribution is -0.119. The van der Waals surface area contributed by atoms with Crippen molar-refractivity contribution in [2.45, 2.75) is 20.3 Å². The van der Waals surface area contributed by atoms with Crippen molar-refractivity contribution in [2.75, 3.05) is 25.5 Å². The molecule has 0 aromatic heterocycles. The Morgan fingerprint density at radius 1 is 1.41 bits per heavy atom. The molecule has 17 heavy (non-hydrogen) atoms. The van der Waals surface area contributed by atoms with Crippen LogP contribution in [-0.2, 0) is 4.79 Å². The van der Waals surface area contributed by atoms with Gasteiger partial charge >= 0.3 is 0 Å². The smallest absolute Gasteiger partial charge is 0.239 e. The first-order valence-electron chi connectivity index (χ1n) is 5.82. The molecule has 4 heteroatoms. The molecule has 1 aromatic rings. The van der Waals surface area contributed by atoms with Gasteiger partial charge in [-0.05, 0) is 37.1 Å². The SMILES string of the molecule is CCCNC(=O)CNc1ccc(OC)cc1C. The van der Waals surface area contributed by atoms with Crippen LogP contribution in [0.5, 0.6) is 5.75 Å². The lowest BCUT2D eigenvalue weighted by atomic mass is 10.2. The highest BCUT2D eigenvalue weighted by Crippen LogP contribution is 2.20. The summed E-state index contributed by atoms with van der Waals surface area (Å²) in [5.74, 6) is 0.838. The molecule has 0 aliphatic carbocycles. The molecule has 4 nitrogen and oxygen atoms in total. The number of hydrogen-bond donors (Lipinski definition) is 2. The van der Waals surface area contributed by atoms with E-state index >= 15 is 0 Å². The van der Waals surface area contributed by atoms with Crippen LogP contribution >= 0.6 is 0 Å². The van der Waals surface area contributed by atoms with Crippen molar-refractivity contribution < 1.29 is 9.53 Å². The van der Waals surface area contributed by atoms with Crippen molar-refractivity contribution >= 4 is 11.6 Å². The van der Waals surface area contributed by atoms with E-state index in [1.165, 1.54) is 0 Å². The topological polar surface area (TPSA) is 50.4 Å². The second kappa shape index (κ2) is 6.78. The quantitative estimate of drug-likeness (QED) is 0.793. The Labute approximate surface area is 102 Å². The summed E-state index contributed by atoms with van der Waals surface area (Å²) in [5.41, 5.74) is 2.02. The molecular formula is C13H20N2O2. The Balaban J connectivity index is 2.49. The van der Waals surface area contributed by atoms with Gasteiger partial charge in [-0.25, -0.2) is 0 Å². The molecule has 1 aromatic carbocycles. The largest absolute Gasteiger partial charge is 0.497 e. The summed E-state index contributed by atoms with van der Waals surface area (Å²) in [5, 5.41) is 5.92. The molecule has 0 spiro atoms. The molecule has 0 bridgehead atoms. The minimum atomic E-state index is 0.0158. The van der Waals surface area contributed by atoms with Gasteiger partial charge in [0.1, 0.15) is 5.75 Å². The highest BCUT2D eigenvalue weighted by molar-refractivity contribution is 5.80. The average molecular weight is 236 g/mol. The number of ether oxygens (including phenoxy) is 1. The fourth-order valence-electron chi connectivity index (χ4n) is 1.46. The first-order valence-corrected chi connectivity index (χ1v) is 5.82. The van der Waals surface area contributed by atoms with Crippen molar-refractivity contribution in [1.82, 2.24) is 5.32 Å². The number of benzene rings is 1. The van der Waals surface area contributed by atoms with Crippen LogP contribution in [0.3, 0.4) is 0 Å². The number of anilines is 1. The minimum Gasteiger partial charge on any atom is -0.497 e. The van der Waals surface area contributed by atoms with Crippen molar-refractivity contribution in [1.29, 1.82) is 0 Å². The molecule has 2 N–H and O–H groups in total. The molecule has 0 heterocycles. The molecule has 0 aliphatic rings. The number of methoxy groups -OCH3 is 1. The number of amides is 1. The third-order valence-corrected chi connectivity index (χ3v) is 2.45. The first kappa shape index (κ1) is 13.4. The molecule has 1 rings (SSSR count). The Morgan fingerprint density at radius 3 is 2.76 bits per heavy atom. The van der Waals surface area contributed by atoms with Crippen molar-refractivity contribution in [3.05, 3.63) is 23.8 Å². The molecular weight excluding hydrogens is 216 g/mol. The highest BCUT2D eigenvalue weighted by atomic mass is 16.5. The van der Waals surface area contributed by atoms with Gasteiger partial charge in [0, 0.05) is 12.2 Å². The predicted octanol–water partition coefficient (Wildman–Crippen LogP) is 1.94. The highest BCUT2D eigenvalue weighted by Gasteiger charge is 2.03. The zero-order valence-electron chi connectivity index (χ0n) is 10.7. The molecule has 94 valence electrons. The van der Waals surface area contributed by atoms with E-state index in [0.29, 0.717) is 6.54 Å². The van der Waals surface area contributed by atoms with Gasteiger partial charge in [0.2, 0.25) is 5.91 Å². The van der Waals surface area contributed by atoms with Gasteiger partial charge in [0.15, 0.2) is 0 Å². The van der Waals surface area contributed by atoms with E-state index in [0.717, 1.165) is 30.0 Å². The van der Waals surface area contributed by atoms with Gasteiger partial charge in [-0.3, -0.25) is 4.79 Å². The fourth-order valence-corrected chi connectivity index (χ4v) is 1.46. The first-order chi connectivity index (χ1) is 8.17. The zero-order chi connectivity index (χ0) is 12.7. The monoisotopic (exact) mass is 236 g/mol. The lowest BCUT2D eigenvalue weighted by Crippen LogP contribution is -2.30. The summed E-state index contributed by atoms with van der Waals surface area (Å²) >= 11 is 0. The van der Waals surface area contributed by atoms with Crippen LogP contribution in [0.2, 0.25) is 0 Å². The molecule has 0 unspecified atom stereocenters. The summed E-state index contributed by atoms with van der Waals surface area (Å²) in [6, 6.07) is 5.73. The summed E-state index contributed by atoms with van der Waals surface area (Å²) in [4.78, 5) is 11.4. The molecule has 0 saturated carbocycles. The van der Waals surface area contributed by atoms with E-state index in [9.17, 15) is 4.79 Å². The predicted molar refractivity (Wildman–Crippen MR) is 69.5 cm³/mol. The Hall–Kier alpha value is -1.71. The van der Waals surface area contributed by atoms with Crippen molar-refractivity contribution in [3.8, 4) is 5.75 Å². The maximum Gasteiger partial charge on any atom is 0.239 e. The number of carbonyl (C=O) groups excluding carboxylic acids is 1. The zero-order valence-corrected chi connectivity index (χ0v) is 10.7. The van der Waals surface area contributed by atoms with Crippen molar-refractivity contribution in [2.24, 2.45) is 0 Å². The normalized spacial score (nSPS) is 9.82. The standard InChI is InChI=1S/C13H20N2O2/c1-4-7-14-13(16)9-15-12-6-5-11(17-3)8-10(12)2/h5-6,8,15H,4,7,9H2,1-3H3,(H,14,16). The van der Waals surface area contributed by atoms with Crippen molar-refractivity contribution in [3.63, 3.8) is 0 Å². The van der Waals surface area contributed by atoms with E-state index in [4.69, 9.17) is 4.74 Å². The van der Waals surface area contributed by atoms with Crippen LogP contribution < -0.4 is 15.4 Å². The second-order valence-corrected chi connectivity index (χ2v) is 3.88. The van der Waals surface area contributed by atoms with Crippen LogP contribution in [0.4, 0.5) is 5.69 Å². The van der Waals surface area contributed by atoms with E-state index in [-0.39, 0.29) is 5.91 Å². The summed E-state index contributed by atoms with van der Waals surface area (Å²) < 4.78 is 5.12. The maximum atomic E-state index is 11.4. The van der Waals surface area contributed by atoms with Crippen LogP contribution in [0, 0.1) is 6.92 Å². The van der Waals surface area contributed by atoms with E-state index in [1.807, 2.05) is 32.0 Å². The molecule has 0 aliphatic heterocycles. The van der Waals surface area contributed by atoms with Gasteiger partial charge in [0.25, 0.3) is 0 Å². The molecule has 0 radical (unpaired) electrons. The lowest BCUT2D eigenvalue weighted by Gasteiger charge is -2.10. The molecule has 0 fully saturated rings. The average Bonchev–Trinajstić information content (AvgIpc) is 2.34. The van der Waals surface area contributed by atoms with Gasteiger partial charge < -0.3 is 15.4 Å². The second-order valence-electron chi connectivity index (χ2n) is 3.88. The summed E-state index contributed by atoms with van der Waals surface area (Å²) in [6.45, 7) is 5.03. The van der Waals surface area contributed by atoms with E-state index in [2.05, 4.69) is 10.6 Å². The Kier molecular flexibility index (Phi) is 5.33. The fraction of sp³-hybridized carbons (Fsp3) is 0.462. The number of aryl methyl sites for hydroxylation is 1. The van der Waals surface area contributed by atoms with Crippen LogP contribution in [-0.4, -0.2) is 26.1 Å². The Morgan fingerprint density at radius 2 is 2.18 bits per heavy atom. The van der Waals surface area contributed by atoms with Gasteiger partial charge in [0.05, 0.1) is 13.7 Å². The maximum absolute atomic E-state index is 11.4.